The Morgan fingerprint density at radius 3 is 2.30 bits per heavy atom. The number of amides is 3. The molecule has 6 rings (SSSR count). The van der Waals surface area contributed by atoms with Gasteiger partial charge in [-0.3, -0.25) is 34.0 Å². The molecule has 44 heavy (non-hydrogen) atoms. The molecule has 2 N–H and O–H groups in total. The average molecular weight is 600 g/mol. The molecule has 3 amide bonds. The highest BCUT2D eigenvalue weighted by Gasteiger charge is 2.35. The summed E-state index contributed by atoms with van der Waals surface area (Å²) in [5.41, 5.74) is 1.03. The lowest BCUT2D eigenvalue weighted by Gasteiger charge is -2.26. The summed E-state index contributed by atoms with van der Waals surface area (Å²) < 4.78 is 20.0. The number of aromatic hydroxyl groups is 1. The second kappa shape index (κ2) is 12.3. The fourth-order valence-electron chi connectivity index (χ4n) is 5.59. The van der Waals surface area contributed by atoms with Crippen molar-refractivity contribution in [3.63, 3.8) is 0 Å². The quantitative estimate of drug-likeness (QED) is 0.280. The second-order valence-corrected chi connectivity index (χ2v) is 10.7. The molecular weight excluding hydrogens is 569 g/mol. The van der Waals surface area contributed by atoms with Crippen LogP contribution in [0.2, 0.25) is 0 Å². The molecular formula is C32H30FN5O6. The summed E-state index contributed by atoms with van der Waals surface area (Å²) in [5, 5.41) is 13.9. The van der Waals surface area contributed by atoms with Crippen molar-refractivity contribution in [3.8, 4) is 5.75 Å². The van der Waals surface area contributed by atoms with Crippen molar-refractivity contribution in [2.24, 2.45) is 0 Å². The number of imide groups is 1. The molecule has 4 heterocycles. The van der Waals surface area contributed by atoms with Gasteiger partial charge in [-0.2, -0.15) is 0 Å². The fraction of sp³-hybridized carbons (Fsp3) is 0.281. The standard InChI is InChI=1S/C32H30FN5O6/c33-22-7-5-20(6-8-22)17-21-18-25-27(35-19-21)28(39)26(29(40)34-9-10-36-13-15-44-16-14-36)32(43)37(25)11-12-38-30(41)23-3-1-2-4-24(23)31(38)42/h1-8,18-19,39H,9-17H2,(H,34,40). The van der Waals surface area contributed by atoms with E-state index in [1.165, 1.54) is 22.9 Å². The molecule has 2 aliphatic heterocycles. The highest BCUT2D eigenvalue weighted by atomic mass is 19.1. The van der Waals surface area contributed by atoms with E-state index in [1.807, 2.05) is 0 Å². The summed E-state index contributed by atoms with van der Waals surface area (Å²) in [7, 11) is 0. The van der Waals surface area contributed by atoms with Gasteiger partial charge in [0.25, 0.3) is 23.3 Å². The SMILES string of the molecule is O=C(NCCN1CCOCC1)c1c(O)c2ncc(Cc3ccc(F)cc3)cc2n(CCN2C(=O)c3ccccc3C2=O)c1=O. The van der Waals surface area contributed by atoms with E-state index in [9.17, 15) is 28.7 Å². The van der Waals surface area contributed by atoms with Crippen molar-refractivity contribution < 1.29 is 28.6 Å². The molecule has 0 saturated carbocycles. The number of rotatable bonds is 9. The summed E-state index contributed by atoms with van der Waals surface area (Å²) in [4.78, 5) is 60.7. The third-order valence-corrected chi connectivity index (χ3v) is 7.93. The molecule has 0 bridgehead atoms. The van der Waals surface area contributed by atoms with Gasteiger partial charge in [-0.15, -0.1) is 0 Å². The Balaban J connectivity index is 1.33. The van der Waals surface area contributed by atoms with Gasteiger partial charge in [0.05, 0.1) is 29.9 Å². The van der Waals surface area contributed by atoms with Gasteiger partial charge in [0.1, 0.15) is 16.9 Å². The van der Waals surface area contributed by atoms with Gasteiger partial charge in [0.15, 0.2) is 5.75 Å². The number of benzene rings is 2. The van der Waals surface area contributed by atoms with Crippen molar-refractivity contribution in [3.05, 3.63) is 105 Å². The first-order chi connectivity index (χ1) is 21.3. The molecule has 1 saturated heterocycles. The van der Waals surface area contributed by atoms with Gasteiger partial charge in [-0.1, -0.05) is 24.3 Å². The van der Waals surface area contributed by atoms with Crippen LogP contribution >= 0.6 is 0 Å². The van der Waals surface area contributed by atoms with Crippen LogP contribution in [0.3, 0.4) is 0 Å². The normalized spacial score (nSPS) is 15.2. The molecule has 2 aliphatic rings. The summed E-state index contributed by atoms with van der Waals surface area (Å²) in [6, 6.07) is 14.1. The van der Waals surface area contributed by atoms with Crippen LogP contribution in [0.4, 0.5) is 4.39 Å². The zero-order valence-electron chi connectivity index (χ0n) is 23.8. The van der Waals surface area contributed by atoms with Crippen LogP contribution < -0.4 is 10.9 Å². The minimum absolute atomic E-state index is 0.0214. The smallest absolute Gasteiger partial charge is 0.267 e. The van der Waals surface area contributed by atoms with Gasteiger partial charge < -0.3 is 19.7 Å². The Morgan fingerprint density at radius 2 is 1.61 bits per heavy atom. The number of aromatic nitrogens is 2. The van der Waals surface area contributed by atoms with E-state index >= 15 is 0 Å². The minimum Gasteiger partial charge on any atom is -0.505 e. The Morgan fingerprint density at radius 1 is 0.932 bits per heavy atom. The summed E-state index contributed by atoms with van der Waals surface area (Å²) >= 11 is 0. The average Bonchev–Trinajstić information content (AvgIpc) is 3.27. The number of halogens is 1. The van der Waals surface area contributed by atoms with E-state index in [0.717, 1.165) is 23.6 Å². The van der Waals surface area contributed by atoms with Crippen LogP contribution in [0.5, 0.6) is 5.75 Å². The predicted molar refractivity (Wildman–Crippen MR) is 158 cm³/mol. The third-order valence-electron chi connectivity index (χ3n) is 7.93. The van der Waals surface area contributed by atoms with Gasteiger partial charge in [-0.05, 0) is 47.9 Å². The van der Waals surface area contributed by atoms with Crippen LogP contribution in [0, 0.1) is 5.82 Å². The number of carbonyl (C=O) groups excluding carboxylic acids is 3. The Labute approximate surface area is 251 Å². The lowest BCUT2D eigenvalue weighted by molar-refractivity contribution is 0.0383. The summed E-state index contributed by atoms with van der Waals surface area (Å²) in [6.45, 7) is 3.16. The molecule has 0 spiro atoms. The molecule has 12 heteroatoms. The number of morpholine rings is 1. The van der Waals surface area contributed by atoms with Crippen LogP contribution in [0.15, 0.2) is 65.6 Å². The Bertz CT molecular complexity index is 1780. The van der Waals surface area contributed by atoms with E-state index in [2.05, 4.69) is 15.2 Å². The fourth-order valence-corrected chi connectivity index (χ4v) is 5.59. The monoisotopic (exact) mass is 599 g/mol. The van der Waals surface area contributed by atoms with Crippen LogP contribution in [-0.2, 0) is 17.7 Å². The van der Waals surface area contributed by atoms with Gasteiger partial charge >= 0.3 is 0 Å². The van der Waals surface area contributed by atoms with Crippen molar-refractivity contribution in [1.82, 2.24) is 24.7 Å². The maximum atomic E-state index is 13.9. The number of hydrogen-bond acceptors (Lipinski definition) is 8. The number of pyridine rings is 2. The lowest BCUT2D eigenvalue weighted by atomic mass is 10.1. The molecule has 226 valence electrons. The molecule has 4 aromatic rings. The first-order valence-electron chi connectivity index (χ1n) is 14.3. The number of hydrogen-bond donors (Lipinski definition) is 2. The van der Waals surface area contributed by atoms with Crippen molar-refractivity contribution >= 4 is 28.8 Å². The maximum absolute atomic E-state index is 13.9. The second-order valence-electron chi connectivity index (χ2n) is 10.7. The summed E-state index contributed by atoms with van der Waals surface area (Å²) in [6.07, 6.45) is 1.88. The van der Waals surface area contributed by atoms with Crippen molar-refractivity contribution in [2.45, 2.75) is 13.0 Å². The topological polar surface area (TPSA) is 134 Å². The van der Waals surface area contributed by atoms with Gasteiger partial charge in [0.2, 0.25) is 0 Å². The predicted octanol–water partition coefficient (Wildman–Crippen LogP) is 2.19. The zero-order valence-corrected chi connectivity index (χ0v) is 23.8. The number of nitrogens with zero attached hydrogens (tertiary/aromatic N) is 4. The van der Waals surface area contributed by atoms with E-state index in [4.69, 9.17) is 4.74 Å². The van der Waals surface area contributed by atoms with E-state index in [1.54, 1.807) is 42.5 Å². The summed E-state index contributed by atoms with van der Waals surface area (Å²) in [5.74, 6) is -2.63. The number of nitrogens with one attached hydrogen (secondary N) is 1. The van der Waals surface area contributed by atoms with Gasteiger partial charge in [-0.25, -0.2) is 4.39 Å². The van der Waals surface area contributed by atoms with E-state index < -0.39 is 34.6 Å². The zero-order chi connectivity index (χ0) is 30.8. The first-order valence-corrected chi connectivity index (χ1v) is 14.3. The first kappa shape index (κ1) is 29.1. The largest absolute Gasteiger partial charge is 0.505 e. The van der Waals surface area contributed by atoms with Crippen LogP contribution in [0.1, 0.15) is 42.2 Å². The Hall–Kier alpha value is -4.94. The molecule has 1 fully saturated rings. The van der Waals surface area contributed by atoms with E-state index in [-0.39, 0.29) is 47.6 Å². The minimum atomic E-state index is -0.781. The number of fused-ring (bicyclic) bond motifs is 2. The molecule has 0 aliphatic carbocycles. The van der Waals surface area contributed by atoms with Crippen LogP contribution in [-0.4, -0.2) is 88.1 Å². The lowest BCUT2D eigenvalue weighted by Crippen LogP contribution is -2.42. The number of carbonyl (C=O) groups is 3. The molecule has 2 aromatic carbocycles. The molecule has 2 aromatic heterocycles. The van der Waals surface area contributed by atoms with Crippen molar-refractivity contribution in [1.29, 1.82) is 0 Å². The molecule has 0 atom stereocenters. The third kappa shape index (κ3) is 5.69. The molecule has 11 nitrogen and oxygen atoms in total. The van der Waals surface area contributed by atoms with Gasteiger partial charge in [0, 0.05) is 45.5 Å². The molecule has 0 radical (unpaired) electrons. The van der Waals surface area contributed by atoms with Crippen molar-refractivity contribution in [2.75, 3.05) is 45.9 Å². The highest BCUT2D eigenvalue weighted by molar-refractivity contribution is 6.21. The van der Waals surface area contributed by atoms with Crippen LogP contribution in [0.25, 0.3) is 11.0 Å². The highest BCUT2D eigenvalue weighted by Crippen LogP contribution is 2.27. The molecule has 0 unspecified atom stereocenters. The maximum Gasteiger partial charge on any atom is 0.267 e. The van der Waals surface area contributed by atoms with E-state index in [0.29, 0.717) is 31.7 Å². The Kier molecular flexibility index (Phi) is 8.18. The number of ether oxygens (including phenoxy) is 1.